The van der Waals surface area contributed by atoms with Crippen molar-refractivity contribution in [2.75, 3.05) is 35.2 Å². The second-order valence-electron chi connectivity index (χ2n) is 7.42. The van der Waals surface area contributed by atoms with E-state index in [9.17, 15) is 0 Å². The van der Waals surface area contributed by atoms with Crippen LogP contribution in [0.4, 0.5) is 11.5 Å². The number of pyridine rings is 1. The summed E-state index contributed by atoms with van der Waals surface area (Å²) < 4.78 is 6.07. The molecule has 2 aromatic heterocycles. The van der Waals surface area contributed by atoms with Crippen LogP contribution in [0, 0.1) is 12.3 Å². The monoisotopic (exact) mass is 434 g/mol. The zero-order valence-corrected chi connectivity index (χ0v) is 18.5. The van der Waals surface area contributed by atoms with Crippen LogP contribution in [-0.2, 0) is 0 Å². The van der Waals surface area contributed by atoms with Crippen molar-refractivity contribution < 1.29 is 4.74 Å². The Morgan fingerprint density at radius 1 is 1.16 bits per heavy atom. The van der Waals surface area contributed by atoms with Crippen molar-refractivity contribution in [1.82, 2.24) is 15.0 Å². The second-order valence-corrected chi connectivity index (χ2v) is 8.64. The van der Waals surface area contributed by atoms with Crippen LogP contribution in [-0.4, -0.2) is 45.3 Å². The van der Waals surface area contributed by atoms with E-state index in [0.29, 0.717) is 28.5 Å². The summed E-state index contributed by atoms with van der Waals surface area (Å²) in [5.41, 5.74) is 9.18. The maximum atomic E-state index is 8.68. The van der Waals surface area contributed by atoms with Crippen LogP contribution in [0.25, 0.3) is 0 Å². The molecule has 1 unspecified atom stereocenters. The van der Waals surface area contributed by atoms with E-state index in [2.05, 4.69) is 19.9 Å². The smallest absolute Gasteiger partial charge is 0.138 e. The van der Waals surface area contributed by atoms with Gasteiger partial charge in [0.1, 0.15) is 23.5 Å². The topological polar surface area (TPSA) is 101 Å². The lowest BCUT2D eigenvalue weighted by molar-refractivity contribution is 0.221. The predicted molar refractivity (Wildman–Crippen MR) is 126 cm³/mol. The number of nitrogens with zero attached hydrogens (tertiary/aromatic N) is 4. The third-order valence-electron chi connectivity index (χ3n) is 5.19. The molecule has 1 aromatic carbocycles. The molecule has 1 fully saturated rings. The average Bonchev–Trinajstić information content (AvgIpc) is 2.80. The lowest BCUT2D eigenvalue weighted by Crippen LogP contribution is -2.33. The summed E-state index contributed by atoms with van der Waals surface area (Å²) in [6.07, 6.45) is 3.22. The normalized spacial score (nSPS) is 14.8. The van der Waals surface area contributed by atoms with Gasteiger partial charge in [-0.05, 0) is 50.2 Å². The van der Waals surface area contributed by atoms with E-state index >= 15 is 0 Å². The van der Waals surface area contributed by atoms with Gasteiger partial charge >= 0.3 is 0 Å². The number of rotatable bonds is 6. The number of nitrogens with two attached hydrogens (primary N) is 1. The van der Waals surface area contributed by atoms with Crippen molar-refractivity contribution in [3.63, 3.8) is 0 Å². The molecule has 0 bridgehead atoms. The number of ether oxygens (including phenoxy) is 1. The highest BCUT2D eigenvalue weighted by atomic mass is 32.2. The third-order valence-corrected chi connectivity index (χ3v) is 6.14. The molecule has 4 rings (SSSR count). The van der Waals surface area contributed by atoms with Crippen molar-refractivity contribution in [3.05, 3.63) is 71.4 Å². The number of aromatic nitrogens is 3. The number of nitrogens with one attached hydrogen (secondary N) is 1. The largest absolute Gasteiger partial charge is 0.484 e. The molecule has 0 spiro atoms. The number of hydrogen-bond donors (Lipinski definition) is 2. The van der Waals surface area contributed by atoms with Crippen molar-refractivity contribution in [1.29, 1.82) is 5.41 Å². The number of nitrogen functional groups attached to an aromatic ring is 1. The van der Waals surface area contributed by atoms with E-state index in [-0.39, 0.29) is 6.10 Å². The number of anilines is 2. The van der Waals surface area contributed by atoms with Gasteiger partial charge in [-0.15, -0.1) is 0 Å². The summed E-state index contributed by atoms with van der Waals surface area (Å²) in [6.45, 7) is 5.79. The van der Waals surface area contributed by atoms with Gasteiger partial charge in [0.2, 0.25) is 0 Å². The molecule has 0 aliphatic carbocycles. The molecule has 8 heteroatoms. The second kappa shape index (κ2) is 9.34. The van der Waals surface area contributed by atoms with Crippen molar-refractivity contribution in [2.45, 2.75) is 20.0 Å². The zero-order chi connectivity index (χ0) is 21.8. The lowest BCUT2D eigenvalue weighted by atomic mass is 10.0. The summed E-state index contributed by atoms with van der Waals surface area (Å²) in [4.78, 5) is 15.4. The fraction of sp³-hybridized carbons (Fsp3) is 0.304. The Labute approximate surface area is 186 Å². The first kappa shape index (κ1) is 21.1. The predicted octanol–water partition coefficient (Wildman–Crippen LogP) is 3.87. The summed E-state index contributed by atoms with van der Waals surface area (Å²) in [5.74, 6) is 4.53. The standard InChI is InChI=1S/C23H26N6OS/c1-15(21-7-8-26-16(2)28-21)30-18-4-5-20(24)19(13-18)23(25)17-3-6-22(27-14-17)29-9-11-31-12-10-29/h3-8,13-15,25H,9-12,24H2,1-2H3. The molecule has 3 aromatic rings. The molecular formula is C23H26N6OS. The Morgan fingerprint density at radius 2 is 1.97 bits per heavy atom. The SMILES string of the molecule is Cc1nccc(C(C)Oc2ccc(N)c(C(=N)c3ccc(N4CCSCC4)nc3)c2)n1. The highest BCUT2D eigenvalue weighted by Gasteiger charge is 2.16. The molecule has 7 nitrogen and oxygen atoms in total. The number of benzene rings is 1. The summed E-state index contributed by atoms with van der Waals surface area (Å²) in [6, 6.07) is 11.1. The Balaban J connectivity index is 1.51. The molecule has 1 atom stereocenters. The number of aryl methyl sites for hydroxylation is 1. The Morgan fingerprint density at radius 3 is 2.68 bits per heavy atom. The molecule has 3 heterocycles. The summed E-state index contributed by atoms with van der Waals surface area (Å²) in [7, 11) is 0. The van der Waals surface area contributed by atoms with Crippen LogP contribution in [0.2, 0.25) is 0 Å². The van der Waals surface area contributed by atoms with E-state index in [1.165, 1.54) is 0 Å². The molecule has 0 radical (unpaired) electrons. The van der Waals surface area contributed by atoms with Crippen LogP contribution in [0.3, 0.4) is 0 Å². The molecule has 1 saturated heterocycles. The van der Waals surface area contributed by atoms with Gasteiger partial charge in [-0.3, -0.25) is 5.41 Å². The van der Waals surface area contributed by atoms with Crippen LogP contribution < -0.4 is 15.4 Å². The Hall–Kier alpha value is -3.13. The average molecular weight is 435 g/mol. The molecule has 0 saturated carbocycles. The molecule has 0 amide bonds. The molecule has 160 valence electrons. The number of hydrogen-bond acceptors (Lipinski definition) is 8. The molecule has 1 aliphatic heterocycles. The lowest BCUT2D eigenvalue weighted by Gasteiger charge is -2.27. The first-order valence-corrected chi connectivity index (χ1v) is 11.4. The van der Waals surface area contributed by atoms with E-state index in [4.69, 9.17) is 15.9 Å². The first-order chi connectivity index (χ1) is 15.0. The highest BCUT2D eigenvalue weighted by molar-refractivity contribution is 7.99. The van der Waals surface area contributed by atoms with Gasteiger partial charge < -0.3 is 15.4 Å². The van der Waals surface area contributed by atoms with E-state index in [1.54, 1.807) is 24.5 Å². The quantitative estimate of drug-likeness (QED) is 0.448. The minimum Gasteiger partial charge on any atom is -0.484 e. The van der Waals surface area contributed by atoms with Crippen LogP contribution >= 0.6 is 11.8 Å². The van der Waals surface area contributed by atoms with E-state index < -0.39 is 0 Å². The van der Waals surface area contributed by atoms with Crippen molar-refractivity contribution in [3.8, 4) is 5.75 Å². The van der Waals surface area contributed by atoms with Gasteiger partial charge in [-0.1, -0.05) is 0 Å². The highest BCUT2D eigenvalue weighted by Crippen LogP contribution is 2.27. The van der Waals surface area contributed by atoms with Crippen molar-refractivity contribution in [2.24, 2.45) is 0 Å². The van der Waals surface area contributed by atoms with Gasteiger partial charge in [0, 0.05) is 53.8 Å². The third kappa shape index (κ3) is 4.96. The molecule has 31 heavy (non-hydrogen) atoms. The van der Waals surface area contributed by atoms with Gasteiger partial charge in [-0.25, -0.2) is 15.0 Å². The molecule has 3 N–H and O–H groups in total. The fourth-order valence-corrected chi connectivity index (χ4v) is 4.36. The maximum absolute atomic E-state index is 8.68. The molecule has 1 aliphatic rings. The van der Waals surface area contributed by atoms with E-state index in [0.717, 1.165) is 41.7 Å². The summed E-state index contributed by atoms with van der Waals surface area (Å²) in [5, 5.41) is 8.68. The van der Waals surface area contributed by atoms with Crippen LogP contribution in [0.5, 0.6) is 5.75 Å². The summed E-state index contributed by atoms with van der Waals surface area (Å²) >= 11 is 1.97. The van der Waals surface area contributed by atoms with E-state index in [1.807, 2.05) is 49.9 Å². The maximum Gasteiger partial charge on any atom is 0.138 e. The van der Waals surface area contributed by atoms with Crippen LogP contribution in [0.15, 0.2) is 48.8 Å². The van der Waals surface area contributed by atoms with Gasteiger partial charge in [-0.2, -0.15) is 11.8 Å². The number of thioether (sulfide) groups is 1. The fourth-order valence-electron chi connectivity index (χ4n) is 3.46. The minimum atomic E-state index is -0.254. The van der Waals surface area contributed by atoms with Crippen LogP contribution in [0.1, 0.15) is 35.7 Å². The van der Waals surface area contributed by atoms with Gasteiger partial charge in [0.15, 0.2) is 0 Å². The van der Waals surface area contributed by atoms with Gasteiger partial charge in [0.05, 0.1) is 11.4 Å². The van der Waals surface area contributed by atoms with Gasteiger partial charge in [0.25, 0.3) is 0 Å². The Kier molecular flexibility index (Phi) is 6.36. The first-order valence-electron chi connectivity index (χ1n) is 10.2. The zero-order valence-electron chi connectivity index (χ0n) is 17.7. The molecular weight excluding hydrogens is 408 g/mol. The minimum absolute atomic E-state index is 0.254. The Bertz CT molecular complexity index is 1070. The van der Waals surface area contributed by atoms with Crippen molar-refractivity contribution >= 4 is 29.0 Å².